The summed E-state index contributed by atoms with van der Waals surface area (Å²) in [5, 5.41) is 9.50. The Labute approximate surface area is 150 Å². The van der Waals surface area contributed by atoms with Gasteiger partial charge in [-0.25, -0.2) is 4.57 Å². The number of rotatable bonds is 7. The zero-order valence-corrected chi connectivity index (χ0v) is 15.6. The van der Waals surface area contributed by atoms with Gasteiger partial charge in [0.05, 0.1) is 23.4 Å². The van der Waals surface area contributed by atoms with Gasteiger partial charge >= 0.3 is 0 Å². The van der Waals surface area contributed by atoms with E-state index in [9.17, 15) is 0 Å². The molecule has 2 rings (SSSR count). The number of hydrogen-bond donors (Lipinski definition) is 0. The van der Waals surface area contributed by atoms with Crippen molar-refractivity contribution in [3.63, 3.8) is 0 Å². The van der Waals surface area contributed by atoms with Gasteiger partial charge in [0, 0.05) is 12.5 Å². The van der Waals surface area contributed by atoms with Crippen molar-refractivity contribution in [2.24, 2.45) is 7.05 Å². The van der Waals surface area contributed by atoms with Crippen LogP contribution in [0.2, 0.25) is 0 Å². The summed E-state index contributed by atoms with van der Waals surface area (Å²) in [6.45, 7) is 0. The Bertz CT molecular complexity index is 595. The average Bonchev–Trinajstić information content (AvgIpc) is 2.91. The maximum absolute atomic E-state index is 8.48. The highest BCUT2D eigenvalue weighted by molar-refractivity contribution is 7.99. The van der Waals surface area contributed by atoms with Crippen molar-refractivity contribution in [2.75, 3.05) is 5.75 Å². The van der Waals surface area contributed by atoms with Crippen LogP contribution < -0.4 is 28.5 Å². The molecule has 0 saturated carbocycles. The molecule has 0 amide bonds. The molecule has 112 valence electrons. The number of nitrogens with zero attached hydrogens (tertiary/aromatic N) is 4. The molecule has 2 aromatic rings. The normalized spacial score (nSPS) is 9.90. The van der Waals surface area contributed by atoms with Crippen molar-refractivity contribution in [1.82, 2.24) is 8.75 Å². The zero-order chi connectivity index (χ0) is 14.2. The Morgan fingerprint density at radius 2 is 2.19 bits per heavy atom. The first kappa shape index (κ1) is 18.3. The van der Waals surface area contributed by atoms with Crippen molar-refractivity contribution in [3.8, 4) is 17.3 Å². The van der Waals surface area contributed by atoms with Gasteiger partial charge < -0.3 is 24.0 Å². The summed E-state index contributed by atoms with van der Waals surface area (Å²) in [7, 11) is 2.01. The van der Waals surface area contributed by atoms with Crippen molar-refractivity contribution >= 4 is 23.5 Å². The molecular formula is C14H17IN4S2. The molecule has 0 aliphatic heterocycles. The van der Waals surface area contributed by atoms with E-state index in [0.29, 0.717) is 6.42 Å². The van der Waals surface area contributed by atoms with Gasteiger partial charge in [0.2, 0.25) is 0 Å². The third-order valence-electron chi connectivity index (χ3n) is 2.84. The molecule has 0 aliphatic rings. The quantitative estimate of drug-likeness (QED) is 0.272. The van der Waals surface area contributed by atoms with Crippen molar-refractivity contribution in [2.45, 2.75) is 30.7 Å². The third kappa shape index (κ3) is 5.88. The lowest BCUT2D eigenvalue weighted by molar-refractivity contribution is -0.671. The highest BCUT2D eigenvalue weighted by Gasteiger charge is 2.13. The van der Waals surface area contributed by atoms with Gasteiger partial charge in [0.15, 0.2) is 12.4 Å². The number of thioether (sulfide) groups is 1. The van der Waals surface area contributed by atoms with E-state index in [1.165, 1.54) is 11.7 Å². The van der Waals surface area contributed by atoms with Crippen LogP contribution in [0.15, 0.2) is 29.6 Å². The van der Waals surface area contributed by atoms with E-state index in [0.717, 1.165) is 41.3 Å². The van der Waals surface area contributed by atoms with Crippen LogP contribution in [-0.4, -0.2) is 14.5 Å². The Hall–Kier alpha value is -0.720. The number of nitriles is 1. The lowest BCUT2D eigenvalue weighted by atomic mass is 10.2. The van der Waals surface area contributed by atoms with Gasteiger partial charge in [0.25, 0.3) is 0 Å². The Balaban J connectivity index is 0.00000220. The number of halogens is 1. The summed E-state index contributed by atoms with van der Waals surface area (Å²) in [5.74, 6) is 1.03. The van der Waals surface area contributed by atoms with Crippen LogP contribution in [0, 0.1) is 11.3 Å². The lowest BCUT2D eigenvalue weighted by Crippen LogP contribution is -3.00. The van der Waals surface area contributed by atoms with E-state index in [4.69, 9.17) is 5.26 Å². The SMILES string of the molecule is C[n+]1cccc(-c2nsnc2SCCCCCC#N)c1.[I-]. The van der Waals surface area contributed by atoms with Crippen molar-refractivity contribution in [1.29, 1.82) is 5.26 Å². The number of unbranched alkanes of at least 4 members (excludes halogenated alkanes) is 3. The molecule has 0 saturated heterocycles. The molecule has 7 heteroatoms. The van der Waals surface area contributed by atoms with E-state index < -0.39 is 0 Å². The highest BCUT2D eigenvalue weighted by Crippen LogP contribution is 2.29. The van der Waals surface area contributed by atoms with Crippen LogP contribution >= 0.6 is 23.5 Å². The van der Waals surface area contributed by atoms with E-state index in [1.54, 1.807) is 11.8 Å². The first-order valence-electron chi connectivity index (χ1n) is 6.59. The third-order valence-corrected chi connectivity index (χ3v) is 4.54. The van der Waals surface area contributed by atoms with Gasteiger partial charge in [-0.15, -0.1) is 11.8 Å². The number of hydrogen-bond acceptors (Lipinski definition) is 5. The molecular weight excluding hydrogens is 415 g/mol. The Kier molecular flexibility index (Phi) is 8.80. The fraction of sp³-hybridized carbons (Fsp3) is 0.429. The minimum atomic E-state index is 0. The fourth-order valence-corrected chi connectivity index (χ4v) is 3.52. The predicted octanol–water partition coefficient (Wildman–Crippen LogP) is 0.210. The first-order valence-corrected chi connectivity index (χ1v) is 8.31. The van der Waals surface area contributed by atoms with E-state index in [2.05, 4.69) is 27.1 Å². The molecule has 21 heavy (non-hydrogen) atoms. The van der Waals surface area contributed by atoms with Crippen LogP contribution in [-0.2, 0) is 7.05 Å². The minimum Gasteiger partial charge on any atom is -1.00 e. The van der Waals surface area contributed by atoms with Gasteiger partial charge in [0.1, 0.15) is 17.8 Å². The largest absolute Gasteiger partial charge is 1.00 e. The van der Waals surface area contributed by atoms with Crippen LogP contribution in [0.1, 0.15) is 25.7 Å². The van der Waals surface area contributed by atoms with Gasteiger partial charge in [-0.1, -0.05) is 6.42 Å². The van der Waals surface area contributed by atoms with Gasteiger partial charge in [-0.05, 0) is 24.7 Å². The maximum atomic E-state index is 8.48. The summed E-state index contributed by atoms with van der Waals surface area (Å²) in [6, 6.07) is 6.26. The second-order valence-electron chi connectivity index (χ2n) is 4.49. The van der Waals surface area contributed by atoms with Gasteiger partial charge in [-0.3, -0.25) is 0 Å². The first-order chi connectivity index (χ1) is 9.81. The molecule has 0 fully saturated rings. The van der Waals surface area contributed by atoms with Crippen molar-refractivity contribution < 1.29 is 28.5 Å². The molecule has 0 bridgehead atoms. The molecule has 0 aliphatic carbocycles. The smallest absolute Gasteiger partial charge is 0.178 e. The average molecular weight is 432 g/mol. The van der Waals surface area contributed by atoms with E-state index in [1.807, 2.05) is 23.9 Å². The molecule has 2 aromatic heterocycles. The molecule has 0 N–H and O–H groups in total. The molecule has 0 radical (unpaired) electrons. The maximum Gasteiger partial charge on any atom is 0.178 e. The number of aromatic nitrogens is 3. The zero-order valence-electron chi connectivity index (χ0n) is 11.8. The Morgan fingerprint density at radius 3 is 2.95 bits per heavy atom. The monoisotopic (exact) mass is 432 g/mol. The van der Waals surface area contributed by atoms with E-state index >= 15 is 0 Å². The highest BCUT2D eigenvalue weighted by atomic mass is 127. The Morgan fingerprint density at radius 1 is 1.33 bits per heavy atom. The minimum absolute atomic E-state index is 0. The topological polar surface area (TPSA) is 53.5 Å². The summed E-state index contributed by atoms with van der Waals surface area (Å²) >= 11 is 3.02. The standard InChI is InChI=1S/C14H17N4S2.HI/c1-18-9-6-7-12(11-18)13-14(17-20-16-13)19-10-5-3-2-4-8-15;/h6-7,9,11H,2-5,10H2,1H3;1H/q+1;/p-1. The summed E-state index contributed by atoms with van der Waals surface area (Å²) in [4.78, 5) is 0. The lowest BCUT2D eigenvalue weighted by Gasteiger charge is -2.00. The van der Waals surface area contributed by atoms with Gasteiger partial charge in [-0.2, -0.15) is 14.0 Å². The number of aryl methyl sites for hydroxylation is 1. The molecule has 0 unspecified atom stereocenters. The summed E-state index contributed by atoms with van der Waals surface area (Å²) < 4.78 is 10.8. The number of pyridine rings is 1. The fourth-order valence-electron chi connectivity index (χ4n) is 1.83. The molecule has 4 nitrogen and oxygen atoms in total. The summed E-state index contributed by atoms with van der Waals surface area (Å²) in [6.07, 6.45) is 7.95. The molecule has 2 heterocycles. The second-order valence-corrected chi connectivity index (χ2v) is 6.11. The van der Waals surface area contributed by atoms with Crippen LogP contribution in [0.3, 0.4) is 0 Å². The summed E-state index contributed by atoms with van der Waals surface area (Å²) in [5.41, 5.74) is 2.09. The van der Waals surface area contributed by atoms with Crippen LogP contribution in [0.5, 0.6) is 0 Å². The predicted molar refractivity (Wildman–Crippen MR) is 81.3 cm³/mol. The van der Waals surface area contributed by atoms with Crippen LogP contribution in [0.4, 0.5) is 0 Å². The molecule has 0 spiro atoms. The molecule has 0 aromatic carbocycles. The second kappa shape index (κ2) is 10.1. The van der Waals surface area contributed by atoms with E-state index in [-0.39, 0.29) is 24.0 Å². The molecule has 0 atom stereocenters. The van der Waals surface area contributed by atoms with Crippen molar-refractivity contribution in [3.05, 3.63) is 24.5 Å². The van der Waals surface area contributed by atoms with Crippen LogP contribution in [0.25, 0.3) is 11.3 Å².